The first-order chi connectivity index (χ1) is 17.7. The molecule has 1 heteroatoms. The molecule has 36 heavy (non-hydrogen) atoms. The fraction of sp³-hybridized carbons (Fsp3) is 0.657. The standard InChI is InChI=1S/C35H51F/c1-2-28-15-19-32(20-16-28)34-23-25-35(26-24-34)33-21-17-31(18-22-33)14-13-30-11-9-29(10-12-30)8-6-4-3-5-7-27-36/h17-18,21-26,28-30,32H,2-16,19-20,27H2,1H3/t28-,29-,30-,32-. The van der Waals surface area contributed by atoms with Gasteiger partial charge in [0, 0.05) is 0 Å². The van der Waals surface area contributed by atoms with Gasteiger partial charge < -0.3 is 0 Å². The topological polar surface area (TPSA) is 0 Å². The second-order valence-electron chi connectivity index (χ2n) is 12.1. The van der Waals surface area contributed by atoms with Gasteiger partial charge in [0.2, 0.25) is 0 Å². The lowest BCUT2D eigenvalue weighted by molar-refractivity contribution is 0.248. The summed E-state index contributed by atoms with van der Waals surface area (Å²) in [5.41, 5.74) is 5.75. The third-order valence-electron chi connectivity index (χ3n) is 9.65. The van der Waals surface area contributed by atoms with Crippen LogP contribution in [0.3, 0.4) is 0 Å². The van der Waals surface area contributed by atoms with Crippen LogP contribution in [0.25, 0.3) is 11.1 Å². The Morgan fingerprint density at radius 1 is 0.583 bits per heavy atom. The predicted octanol–water partition coefficient (Wildman–Crippen LogP) is 11.1. The fourth-order valence-electron chi connectivity index (χ4n) is 6.95. The second-order valence-corrected chi connectivity index (χ2v) is 12.1. The van der Waals surface area contributed by atoms with Crippen LogP contribution in [-0.4, -0.2) is 6.67 Å². The fourth-order valence-corrected chi connectivity index (χ4v) is 6.95. The quantitative estimate of drug-likeness (QED) is 0.245. The molecule has 0 heterocycles. The van der Waals surface area contributed by atoms with Crippen molar-refractivity contribution in [2.75, 3.05) is 6.67 Å². The average Bonchev–Trinajstić information content (AvgIpc) is 2.95. The largest absolute Gasteiger partial charge is 0.251 e. The number of alkyl halides is 1. The number of benzene rings is 2. The zero-order valence-electron chi connectivity index (χ0n) is 23.0. The van der Waals surface area contributed by atoms with Gasteiger partial charge in [-0.2, -0.15) is 0 Å². The highest BCUT2D eigenvalue weighted by molar-refractivity contribution is 5.64. The van der Waals surface area contributed by atoms with Crippen molar-refractivity contribution in [1.29, 1.82) is 0 Å². The van der Waals surface area contributed by atoms with Gasteiger partial charge in [0.05, 0.1) is 6.67 Å². The highest BCUT2D eigenvalue weighted by Gasteiger charge is 2.22. The first-order valence-electron chi connectivity index (χ1n) is 15.5. The van der Waals surface area contributed by atoms with Gasteiger partial charge in [-0.1, -0.05) is 120 Å². The Morgan fingerprint density at radius 2 is 1.11 bits per heavy atom. The first-order valence-corrected chi connectivity index (χ1v) is 15.5. The lowest BCUT2D eigenvalue weighted by atomic mass is 9.77. The molecule has 0 atom stereocenters. The Labute approximate surface area is 221 Å². The molecule has 2 saturated carbocycles. The normalized spacial score (nSPS) is 24.6. The predicted molar refractivity (Wildman–Crippen MR) is 154 cm³/mol. The molecule has 2 aromatic carbocycles. The van der Waals surface area contributed by atoms with E-state index in [9.17, 15) is 4.39 Å². The third-order valence-corrected chi connectivity index (χ3v) is 9.65. The maximum atomic E-state index is 12.2. The van der Waals surface area contributed by atoms with E-state index in [4.69, 9.17) is 0 Å². The zero-order chi connectivity index (χ0) is 25.0. The summed E-state index contributed by atoms with van der Waals surface area (Å²) < 4.78 is 12.2. The van der Waals surface area contributed by atoms with E-state index in [0.717, 1.165) is 36.5 Å². The smallest absolute Gasteiger partial charge is 0.0894 e. The van der Waals surface area contributed by atoms with Gasteiger partial charge >= 0.3 is 0 Å². The highest BCUT2D eigenvalue weighted by Crippen LogP contribution is 2.38. The molecular weight excluding hydrogens is 439 g/mol. The molecule has 2 aliphatic rings. The minimum Gasteiger partial charge on any atom is -0.251 e. The van der Waals surface area contributed by atoms with E-state index in [1.807, 2.05) is 0 Å². The molecule has 2 aliphatic carbocycles. The van der Waals surface area contributed by atoms with Gasteiger partial charge in [0.1, 0.15) is 0 Å². The number of hydrogen-bond acceptors (Lipinski definition) is 0. The van der Waals surface area contributed by atoms with Gasteiger partial charge in [-0.05, 0) is 90.9 Å². The van der Waals surface area contributed by atoms with E-state index in [1.54, 1.807) is 5.56 Å². The van der Waals surface area contributed by atoms with Crippen molar-refractivity contribution in [3.63, 3.8) is 0 Å². The second kappa shape index (κ2) is 14.9. The molecule has 0 unspecified atom stereocenters. The molecule has 0 aromatic heterocycles. The van der Waals surface area contributed by atoms with Crippen molar-refractivity contribution in [3.8, 4) is 11.1 Å². The molecule has 2 aromatic rings. The molecule has 0 amide bonds. The summed E-state index contributed by atoms with van der Waals surface area (Å²) in [6, 6.07) is 18.9. The first kappa shape index (κ1) is 27.4. The minimum absolute atomic E-state index is 0.137. The monoisotopic (exact) mass is 490 g/mol. The van der Waals surface area contributed by atoms with Crippen molar-refractivity contribution in [1.82, 2.24) is 0 Å². The minimum atomic E-state index is -0.137. The Bertz CT molecular complexity index is 835. The van der Waals surface area contributed by atoms with Crippen molar-refractivity contribution in [2.45, 2.75) is 122 Å². The van der Waals surface area contributed by atoms with E-state index in [0.29, 0.717) is 0 Å². The summed E-state index contributed by atoms with van der Waals surface area (Å²) >= 11 is 0. The van der Waals surface area contributed by atoms with Crippen LogP contribution in [-0.2, 0) is 6.42 Å². The molecular formula is C35H51F. The van der Waals surface area contributed by atoms with E-state index >= 15 is 0 Å². The molecule has 0 nitrogen and oxygen atoms in total. The number of aryl methyl sites for hydroxylation is 1. The molecule has 0 spiro atoms. The van der Waals surface area contributed by atoms with Crippen molar-refractivity contribution in [3.05, 3.63) is 59.7 Å². The molecule has 0 aliphatic heterocycles. The van der Waals surface area contributed by atoms with Crippen LogP contribution in [0.15, 0.2) is 48.5 Å². The Kier molecular flexibility index (Phi) is 11.4. The summed E-state index contributed by atoms with van der Waals surface area (Å²) in [6.07, 6.45) is 22.4. The van der Waals surface area contributed by atoms with E-state index in [-0.39, 0.29) is 6.67 Å². The summed E-state index contributed by atoms with van der Waals surface area (Å²) in [6.45, 7) is 2.21. The van der Waals surface area contributed by atoms with Crippen LogP contribution in [0, 0.1) is 17.8 Å². The van der Waals surface area contributed by atoms with Gasteiger partial charge in [-0.3, -0.25) is 4.39 Å². The number of unbranched alkanes of at least 4 members (excludes halogenated alkanes) is 4. The number of rotatable bonds is 13. The summed E-state index contributed by atoms with van der Waals surface area (Å²) in [4.78, 5) is 0. The van der Waals surface area contributed by atoms with Crippen LogP contribution in [0.4, 0.5) is 4.39 Å². The Balaban J connectivity index is 1.15. The summed E-state index contributed by atoms with van der Waals surface area (Å²) in [7, 11) is 0. The van der Waals surface area contributed by atoms with Gasteiger partial charge in [-0.25, -0.2) is 0 Å². The lowest BCUT2D eigenvalue weighted by Crippen LogP contribution is -2.15. The van der Waals surface area contributed by atoms with Crippen molar-refractivity contribution in [2.24, 2.45) is 17.8 Å². The van der Waals surface area contributed by atoms with Crippen LogP contribution in [0.1, 0.15) is 127 Å². The highest BCUT2D eigenvalue weighted by atomic mass is 19.1. The van der Waals surface area contributed by atoms with Crippen molar-refractivity contribution >= 4 is 0 Å². The molecule has 0 bridgehead atoms. The lowest BCUT2D eigenvalue weighted by Gasteiger charge is -2.28. The third kappa shape index (κ3) is 8.46. The molecule has 0 radical (unpaired) electrons. The van der Waals surface area contributed by atoms with Gasteiger partial charge in [0.15, 0.2) is 0 Å². The van der Waals surface area contributed by atoms with Crippen LogP contribution in [0.2, 0.25) is 0 Å². The number of halogens is 1. The Hall–Kier alpha value is -1.63. The van der Waals surface area contributed by atoms with E-state index in [1.165, 1.54) is 113 Å². The van der Waals surface area contributed by atoms with Crippen molar-refractivity contribution < 1.29 is 4.39 Å². The molecule has 0 N–H and O–H groups in total. The Morgan fingerprint density at radius 3 is 1.72 bits per heavy atom. The van der Waals surface area contributed by atoms with Gasteiger partial charge in [-0.15, -0.1) is 0 Å². The van der Waals surface area contributed by atoms with Crippen LogP contribution in [0.5, 0.6) is 0 Å². The molecule has 0 saturated heterocycles. The maximum Gasteiger partial charge on any atom is 0.0894 e. The average molecular weight is 491 g/mol. The van der Waals surface area contributed by atoms with Crippen LogP contribution < -0.4 is 0 Å². The maximum absolute atomic E-state index is 12.2. The summed E-state index contributed by atoms with van der Waals surface area (Å²) in [5, 5.41) is 0. The van der Waals surface area contributed by atoms with Gasteiger partial charge in [0.25, 0.3) is 0 Å². The van der Waals surface area contributed by atoms with Crippen LogP contribution >= 0.6 is 0 Å². The SMILES string of the molecule is CC[C@H]1CC[C@H](c2ccc(-c3ccc(CC[C@H]4CC[C@H](CCCCCCCF)CC4)cc3)cc2)CC1. The van der Waals surface area contributed by atoms with E-state index in [2.05, 4.69) is 55.5 Å². The zero-order valence-corrected chi connectivity index (χ0v) is 23.0. The van der Waals surface area contributed by atoms with E-state index < -0.39 is 0 Å². The summed E-state index contributed by atoms with van der Waals surface area (Å²) in [5.74, 6) is 3.62. The molecule has 198 valence electrons. The molecule has 4 rings (SSSR count). The number of hydrogen-bond donors (Lipinski definition) is 0. The molecule has 2 fully saturated rings.